The van der Waals surface area contributed by atoms with E-state index in [0.717, 1.165) is 12.1 Å². The minimum Gasteiger partial charge on any atom is -0.465 e. The maximum atomic E-state index is 12.5. The van der Waals surface area contributed by atoms with Gasteiger partial charge in [-0.25, -0.2) is 4.79 Å². The first kappa shape index (κ1) is 17.3. The first-order chi connectivity index (χ1) is 9.79. The summed E-state index contributed by atoms with van der Waals surface area (Å²) in [7, 11) is 0. The number of amides is 1. The molecule has 0 heterocycles. The van der Waals surface area contributed by atoms with E-state index >= 15 is 0 Å². The van der Waals surface area contributed by atoms with Crippen LogP contribution in [-0.2, 0) is 6.18 Å². The zero-order valence-electron chi connectivity index (χ0n) is 11.5. The zero-order chi connectivity index (χ0) is 16.0. The third-order valence-corrected chi connectivity index (χ3v) is 3.26. The van der Waals surface area contributed by atoms with Gasteiger partial charge >= 0.3 is 12.3 Å². The molecule has 1 amide bonds. The number of carbonyl (C=O) groups is 1. The normalized spacial score (nSPS) is 14.5. The number of aliphatic hydroxyl groups excluding tert-OH is 1. The molecule has 0 aliphatic rings. The Kier molecular flexibility index (Phi) is 6.02. The summed E-state index contributed by atoms with van der Waals surface area (Å²) in [5, 5.41) is 20.3. The molecule has 0 unspecified atom stereocenters. The minimum atomic E-state index is -4.41. The molecule has 0 radical (unpaired) electrons. The third-order valence-electron chi connectivity index (χ3n) is 3.26. The molecule has 21 heavy (non-hydrogen) atoms. The van der Waals surface area contributed by atoms with Crippen LogP contribution in [0.2, 0.25) is 0 Å². The lowest BCUT2D eigenvalue weighted by Crippen LogP contribution is -2.41. The van der Waals surface area contributed by atoms with Crippen molar-refractivity contribution in [2.45, 2.75) is 37.9 Å². The minimum absolute atomic E-state index is 0.376. The van der Waals surface area contributed by atoms with Crippen LogP contribution in [0.3, 0.4) is 0 Å². The second-order valence-electron chi connectivity index (χ2n) is 4.75. The number of nitrogens with one attached hydrogen (secondary N) is 1. The van der Waals surface area contributed by atoms with Crippen molar-refractivity contribution in [3.8, 4) is 0 Å². The van der Waals surface area contributed by atoms with E-state index in [1.54, 1.807) is 0 Å². The first-order valence-electron chi connectivity index (χ1n) is 6.57. The fraction of sp³-hybridized carbons (Fsp3) is 0.500. The van der Waals surface area contributed by atoms with Crippen LogP contribution >= 0.6 is 0 Å². The van der Waals surface area contributed by atoms with Gasteiger partial charge in [-0.05, 0) is 24.1 Å². The van der Waals surface area contributed by atoms with Crippen LogP contribution in [0.1, 0.15) is 36.8 Å². The van der Waals surface area contributed by atoms with Crippen molar-refractivity contribution in [2.75, 3.05) is 6.61 Å². The van der Waals surface area contributed by atoms with E-state index < -0.39 is 30.5 Å². The van der Waals surface area contributed by atoms with Gasteiger partial charge in [0.2, 0.25) is 0 Å². The molecule has 0 aliphatic heterocycles. The summed E-state index contributed by atoms with van der Waals surface area (Å²) in [4.78, 5) is 10.7. The smallest absolute Gasteiger partial charge is 0.416 e. The largest absolute Gasteiger partial charge is 0.465 e. The highest BCUT2D eigenvalue weighted by Crippen LogP contribution is 2.32. The number of rotatable bonds is 6. The predicted octanol–water partition coefficient (Wildman–Crippen LogP) is 3.22. The van der Waals surface area contributed by atoms with Gasteiger partial charge in [0.25, 0.3) is 0 Å². The Morgan fingerprint density at radius 2 is 1.86 bits per heavy atom. The van der Waals surface area contributed by atoms with Crippen molar-refractivity contribution in [1.82, 2.24) is 5.32 Å². The first-order valence-corrected chi connectivity index (χ1v) is 6.57. The lowest BCUT2D eigenvalue weighted by molar-refractivity contribution is -0.137. The number of alkyl halides is 3. The van der Waals surface area contributed by atoms with Crippen molar-refractivity contribution < 1.29 is 28.2 Å². The number of halogens is 3. The lowest BCUT2D eigenvalue weighted by Gasteiger charge is -2.26. The van der Waals surface area contributed by atoms with Gasteiger partial charge in [0.1, 0.15) is 0 Å². The molecule has 2 atom stereocenters. The molecule has 3 N–H and O–H groups in total. The molecule has 1 aromatic rings. The van der Waals surface area contributed by atoms with Crippen molar-refractivity contribution in [3.63, 3.8) is 0 Å². The Bertz CT molecular complexity index is 460. The number of carboxylic acid groups (broad SMARTS) is 1. The summed E-state index contributed by atoms with van der Waals surface area (Å²) < 4.78 is 37.6. The zero-order valence-corrected chi connectivity index (χ0v) is 11.5. The summed E-state index contributed by atoms with van der Waals surface area (Å²) in [6.07, 6.45) is -4.42. The molecule has 4 nitrogen and oxygen atoms in total. The topological polar surface area (TPSA) is 69.6 Å². The second kappa shape index (κ2) is 7.31. The second-order valence-corrected chi connectivity index (χ2v) is 4.75. The van der Waals surface area contributed by atoms with Crippen molar-refractivity contribution in [3.05, 3.63) is 35.4 Å². The molecule has 0 spiro atoms. The number of benzene rings is 1. The summed E-state index contributed by atoms with van der Waals surface area (Å²) in [5.41, 5.74) is -0.189. The van der Waals surface area contributed by atoms with E-state index in [2.05, 4.69) is 5.32 Å². The molecule has 1 rings (SSSR count). The summed E-state index contributed by atoms with van der Waals surface area (Å²) >= 11 is 0. The third kappa shape index (κ3) is 4.93. The number of hydrogen-bond donors (Lipinski definition) is 3. The van der Waals surface area contributed by atoms with Crippen LogP contribution in [-0.4, -0.2) is 29.0 Å². The van der Waals surface area contributed by atoms with E-state index in [9.17, 15) is 23.1 Å². The highest BCUT2D eigenvalue weighted by molar-refractivity contribution is 5.65. The van der Waals surface area contributed by atoms with Crippen LogP contribution < -0.4 is 5.32 Å². The molecule has 0 saturated heterocycles. The number of hydrogen-bond acceptors (Lipinski definition) is 2. The van der Waals surface area contributed by atoms with Gasteiger partial charge in [-0.1, -0.05) is 25.5 Å². The van der Waals surface area contributed by atoms with Crippen molar-refractivity contribution in [1.29, 1.82) is 0 Å². The van der Waals surface area contributed by atoms with Crippen LogP contribution in [0.15, 0.2) is 24.3 Å². The molecule has 1 aromatic carbocycles. The number of aliphatic hydroxyl groups is 1. The van der Waals surface area contributed by atoms with Gasteiger partial charge in [-0.3, -0.25) is 0 Å². The highest BCUT2D eigenvalue weighted by atomic mass is 19.4. The fourth-order valence-electron chi connectivity index (χ4n) is 2.26. The van der Waals surface area contributed by atoms with E-state index in [4.69, 9.17) is 5.11 Å². The van der Waals surface area contributed by atoms with Crippen LogP contribution in [0.25, 0.3) is 0 Å². The van der Waals surface area contributed by atoms with Crippen LogP contribution in [0.5, 0.6) is 0 Å². The maximum absolute atomic E-state index is 12.5. The predicted molar refractivity (Wildman–Crippen MR) is 71.1 cm³/mol. The van der Waals surface area contributed by atoms with Crippen molar-refractivity contribution in [2.24, 2.45) is 0 Å². The van der Waals surface area contributed by atoms with Crippen LogP contribution in [0.4, 0.5) is 18.0 Å². The Morgan fingerprint density at radius 1 is 1.29 bits per heavy atom. The molecule has 118 valence electrons. The molecular formula is C14H18F3NO3. The molecule has 0 aromatic heterocycles. The maximum Gasteiger partial charge on any atom is 0.416 e. The Labute approximate surface area is 120 Å². The van der Waals surface area contributed by atoms with Gasteiger partial charge in [-0.2, -0.15) is 13.2 Å². The Hall–Kier alpha value is -1.76. The fourth-order valence-corrected chi connectivity index (χ4v) is 2.26. The van der Waals surface area contributed by atoms with Gasteiger partial charge in [0.15, 0.2) is 0 Å². The Morgan fingerprint density at radius 3 is 2.24 bits per heavy atom. The van der Waals surface area contributed by atoms with E-state index in [1.807, 2.05) is 6.92 Å². The standard InChI is InChI=1S/C14H18F3NO3/c1-2-3-11(12(8-19)18-13(20)21)9-4-6-10(7-5-9)14(15,16)17/h4-7,11-12,18-19H,2-3,8H2,1H3,(H,20,21)/t11-,12-/m1/s1. The van der Waals surface area contributed by atoms with Crippen molar-refractivity contribution >= 4 is 6.09 Å². The van der Waals surface area contributed by atoms with Gasteiger partial charge in [0.05, 0.1) is 18.2 Å². The summed E-state index contributed by atoms with van der Waals surface area (Å²) in [6.45, 7) is 1.46. The van der Waals surface area contributed by atoms with E-state index in [-0.39, 0.29) is 5.92 Å². The van der Waals surface area contributed by atoms with Gasteiger partial charge in [0, 0.05) is 5.92 Å². The SMILES string of the molecule is CCC[C@H](c1ccc(C(F)(F)F)cc1)[C@@H](CO)NC(=O)O. The van der Waals surface area contributed by atoms with Crippen LogP contribution in [0, 0.1) is 0 Å². The molecule has 7 heteroatoms. The molecular weight excluding hydrogens is 287 g/mol. The lowest BCUT2D eigenvalue weighted by atomic mass is 9.87. The van der Waals surface area contributed by atoms with Gasteiger partial charge in [-0.15, -0.1) is 0 Å². The summed E-state index contributed by atoms with van der Waals surface area (Å²) in [5.74, 6) is -0.376. The highest BCUT2D eigenvalue weighted by Gasteiger charge is 2.31. The summed E-state index contributed by atoms with van der Waals surface area (Å²) in [6, 6.07) is 3.84. The monoisotopic (exact) mass is 305 g/mol. The quantitative estimate of drug-likeness (QED) is 0.756. The molecule has 0 saturated carbocycles. The van der Waals surface area contributed by atoms with E-state index in [0.29, 0.717) is 18.4 Å². The van der Waals surface area contributed by atoms with Gasteiger partial charge < -0.3 is 15.5 Å². The average Bonchev–Trinajstić information content (AvgIpc) is 2.41. The Balaban J connectivity index is 3.01. The average molecular weight is 305 g/mol. The molecule has 0 bridgehead atoms. The van der Waals surface area contributed by atoms with E-state index in [1.165, 1.54) is 12.1 Å². The molecule has 0 aliphatic carbocycles. The molecule has 0 fully saturated rings.